The monoisotopic (exact) mass is 414 g/mol. The van der Waals surface area contributed by atoms with Gasteiger partial charge in [-0.1, -0.05) is 42.4 Å². The minimum Gasteiger partial charge on any atom is -0.372 e. The third-order valence-electron chi connectivity index (χ3n) is 3.38. The lowest BCUT2D eigenvalue weighted by molar-refractivity contribution is -0.112. The second-order valence-electron chi connectivity index (χ2n) is 6.02. The maximum absolute atomic E-state index is 12.1. The number of nitrogens with one attached hydrogen (secondary N) is 2. The molecular formula is C19H30N2O4S2. The number of hydrogen-bond donors (Lipinski definition) is 2. The molecule has 152 valence electrons. The van der Waals surface area contributed by atoms with Crippen molar-refractivity contribution < 1.29 is 19.1 Å². The molecule has 1 aromatic carbocycles. The van der Waals surface area contributed by atoms with Gasteiger partial charge in [-0.15, -0.1) is 0 Å². The van der Waals surface area contributed by atoms with Crippen LogP contribution < -0.4 is 10.6 Å². The number of rotatable bonds is 15. The first kappa shape index (κ1) is 24.0. The van der Waals surface area contributed by atoms with E-state index >= 15 is 0 Å². The fraction of sp³-hybridized carbons (Fsp3) is 0.579. The average molecular weight is 415 g/mol. The lowest BCUT2D eigenvalue weighted by Crippen LogP contribution is -2.34. The van der Waals surface area contributed by atoms with E-state index in [4.69, 9.17) is 9.47 Å². The quantitative estimate of drug-likeness (QED) is 0.198. The van der Waals surface area contributed by atoms with Crippen LogP contribution in [0.5, 0.6) is 0 Å². The molecule has 1 unspecified atom stereocenters. The molecule has 0 fully saturated rings. The van der Waals surface area contributed by atoms with Crippen LogP contribution in [0.25, 0.3) is 0 Å². The van der Waals surface area contributed by atoms with Crippen LogP contribution >= 0.6 is 21.6 Å². The van der Waals surface area contributed by atoms with E-state index in [1.54, 1.807) is 21.6 Å². The lowest BCUT2D eigenvalue weighted by atomic mass is 10.2. The lowest BCUT2D eigenvalue weighted by Gasteiger charge is -2.15. The van der Waals surface area contributed by atoms with E-state index in [-0.39, 0.29) is 18.0 Å². The minimum atomic E-state index is -0.0603. The van der Waals surface area contributed by atoms with Crippen LogP contribution in [0.3, 0.4) is 0 Å². The van der Waals surface area contributed by atoms with Gasteiger partial charge in [-0.05, 0) is 30.7 Å². The highest BCUT2D eigenvalue weighted by Gasteiger charge is 2.10. The third kappa shape index (κ3) is 11.4. The number of aldehydes is 1. The molecule has 0 spiro atoms. The number of benzene rings is 1. The van der Waals surface area contributed by atoms with Crippen molar-refractivity contribution in [1.29, 1.82) is 0 Å². The Hall–Kier alpha value is -1.06. The SMILES string of the molecule is CCC(OCCOCC=O)SSc1ccc(C(=O)NCCNC(C)C)cc1. The van der Waals surface area contributed by atoms with Crippen molar-refractivity contribution in [3.05, 3.63) is 29.8 Å². The highest BCUT2D eigenvalue weighted by atomic mass is 33.1. The van der Waals surface area contributed by atoms with E-state index in [1.807, 2.05) is 24.3 Å². The van der Waals surface area contributed by atoms with Gasteiger partial charge in [0.25, 0.3) is 5.91 Å². The first-order chi connectivity index (χ1) is 13.1. The summed E-state index contributed by atoms with van der Waals surface area (Å²) in [7, 11) is 3.25. The summed E-state index contributed by atoms with van der Waals surface area (Å²) in [4.78, 5) is 23.3. The molecule has 1 aromatic rings. The molecule has 1 atom stereocenters. The second kappa shape index (κ2) is 14.9. The van der Waals surface area contributed by atoms with Crippen LogP contribution in [0.2, 0.25) is 0 Å². The van der Waals surface area contributed by atoms with Gasteiger partial charge in [-0.25, -0.2) is 0 Å². The summed E-state index contributed by atoms with van der Waals surface area (Å²) in [6, 6.07) is 7.97. The first-order valence-electron chi connectivity index (χ1n) is 9.14. The van der Waals surface area contributed by atoms with Crippen LogP contribution in [0, 0.1) is 0 Å². The zero-order valence-electron chi connectivity index (χ0n) is 16.2. The van der Waals surface area contributed by atoms with Crippen LogP contribution in [0.1, 0.15) is 37.6 Å². The number of amides is 1. The summed E-state index contributed by atoms with van der Waals surface area (Å²) in [5.41, 5.74) is 0.704. The highest BCUT2D eigenvalue weighted by molar-refractivity contribution is 8.76. The molecule has 2 N–H and O–H groups in total. The number of carbonyl (C=O) groups is 2. The van der Waals surface area contributed by atoms with Gasteiger partial charge in [-0.2, -0.15) is 0 Å². The minimum absolute atomic E-state index is 0.0475. The van der Waals surface area contributed by atoms with Gasteiger partial charge < -0.3 is 24.9 Å². The Morgan fingerprint density at radius 3 is 2.56 bits per heavy atom. The normalized spacial score (nSPS) is 12.1. The third-order valence-corrected chi connectivity index (χ3v) is 6.14. The van der Waals surface area contributed by atoms with Crippen molar-refractivity contribution in [1.82, 2.24) is 10.6 Å². The van der Waals surface area contributed by atoms with Crippen molar-refractivity contribution in [3.63, 3.8) is 0 Å². The Labute approximate surface area is 169 Å². The molecule has 0 saturated heterocycles. The molecule has 0 bridgehead atoms. The predicted molar refractivity (Wildman–Crippen MR) is 112 cm³/mol. The van der Waals surface area contributed by atoms with Gasteiger partial charge in [-0.3, -0.25) is 4.79 Å². The van der Waals surface area contributed by atoms with Crippen molar-refractivity contribution in [2.24, 2.45) is 0 Å². The summed E-state index contributed by atoms with van der Waals surface area (Å²) in [5, 5.41) is 6.17. The summed E-state index contributed by atoms with van der Waals surface area (Å²) < 4.78 is 10.8. The fourth-order valence-corrected chi connectivity index (χ4v) is 4.31. The Morgan fingerprint density at radius 1 is 1.19 bits per heavy atom. The van der Waals surface area contributed by atoms with E-state index in [0.29, 0.717) is 31.4 Å². The molecule has 0 aliphatic rings. The van der Waals surface area contributed by atoms with Gasteiger partial charge in [0.2, 0.25) is 0 Å². The van der Waals surface area contributed by atoms with E-state index in [1.165, 1.54) is 0 Å². The number of hydrogen-bond acceptors (Lipinski definition) is 7. The molecule has 27 heavy (non-hydrogen) atoms. The average Bonchev–Trinajstić information content (AvgIpc) is 2.67. The van der Waals surface area contributed by atoms with E-state index in [0.717, 1.165) is 24.1 Å². The number of carbonyl (C=O) groups excluding carboxylic acids is 2. The second-order valence-corrected chi connectivity index (χ2v) is 8.45. The van der Waals surface area contributed by atoms with Gasteiger partial charge in [0.1, 0.15) is 18.3 Å². The van der Waals surface area contributed by atoms with Crippen LogP contribution in [-0.4, -0.2) is 56.6 Å². The molecule has 0 radical (unpaired) electrons. The predicted octanol–water partition coefficient (Wildman–Crippen LogP) is 3.12. The highest BCUT2D eigenvalue weighted by Crippen LogP contribution is 2.36. The summed E-state index contributed by atoms with van der Waals surface area (Å²) >= 11 is 0. The molecule has 0 saturated carbocycles. The Bertz CT molecular complexity index is 541. The summed E-state index contributed by atoms with van der Waals surface area (Å²) in [5.74, 6) is -0.0603. The zero-order chi connectivity index (χ0) is 19.9. The van der Waals surface area contributed by atoms with Gasteiger partial charge in [0.15, 0.2) is 0 Å². The van der Waals surface area contributed by atoms with Crippen molar-refractivity contribution in [2.45, 2.75) is 43.6 Å². The van der Waals surface area contributed by atoms with Crippen molar-refractivity contribution in [2.75, 3.05) is 32.9 Å². The van der Waals surface area contributed by atoms with E-state index in [9.17, 15) is 9.59 Å². The zero-order valence-corrected chi connectivity index (χ0v) is 17.9. The van der Waals surface area contributed by atoms with Crippen LogP contribution in [-0.2, 0) is 14.3 Å². The molecular weight excluding hydrogens is 384 g/mol. The largest absolute Gasteiger partial charge is 0.372 e. The molecule has 8 heteroatoms. The Balaban J connectivity index is 2.31. The first-order valence-corrected chi connectivity index (χ1v) is 11.4. The van der Waals surface area contributed by atoms with Crippen LogP contribution in [0.15, 0.2) is 29.2 Å². The Morgan fingerprint density at radius 2 is 1.93 bits per heavy atom. The van der Waals surface area contributed by atoms with Gasteiger partial charge in [0.05, 0.1) is 13.2 Å². The summed E-state index contributed by atoms with van der Waals surface area (Å²) in [6.07, 6.45) is 1.60. The number of ether oxygens (including phenoxy) is 2. The molecule has 1 amide bonds. The molecule has 0 aromatic heterocycles. The van der Waals surface area contributed by atoms with Gasteiger partial charge >= 0.3 is 0 Å². The molecule has 0 aliphatic carbocycles. The smallest absolute Gasteiger partial charge is 0.251 e. The molecule has 0 aliphatic heterocycles. The molecule has 6 nitrogen and oxygen atoms in total. The summed E-state index contributed by atoms with van der Waals surface area (Å²) in [6.45, 7) is 8.56. The van der Waals surface area contributed by atoms with Gasteiger partial charge in [0, 0.05) is 29.6 Å². The van der Waals surface area contributed by atoms with Crippen LogP contribution in [0.4, 0.5) is 0 Å². The molecule has 1 rings (SSSR count). The van der Waals surface area contributed by atoms with Crippen molar-refractivity contribution in [3.8, 4) is 0 Å². The molecule has 0 heterocycles. The van der Waals surface area contributed by atoms with E-state index in [2.05, 4.69) is 31.4 Å². The fourth-order valence-electron chi connectivity index (χ4n) is 1.99. The Kier molecular flexibility index (Phi) is 13.3. The topological polar surface area (TPSA) is 76.7 Å². The standard InChI is InChI=1S/C19H30N2O4S2/c1-4-18(25-14-13-24-12-11-22)27-26-17-7-5-16(6-8-17)19(23)21-10-9-20-15(2)3/h5-8,11,15,18,20H,4,9-10,12-14H2,1-3H3,(H,21,23). The van der Waals surface area contributed by atoms with E-state index < -0.39 is 0 Å². The maximum atomic E-state index is 12.1. The van der Waals surface area contributed by atoms with Crippen molar-refractivity contribution >= 4 is 33.8 Å². The maximum Gasteiger partial charge on any atom is 0.251 e.